The van der Waals surface area contributed by atoms with Crippen LogP contribution in [0.1, 0.15) is 61.3 Å². The fourth-order valence-electron chi connectivity index (χ4n) is 3.56. The highest BCUT2D eigenvalue weighted by molar-refractivity contribution is 5.37. The van der Waals surface area contributed by atoms with Crippen molar-refractivity contribution in [3.8, 4) is 0 Å². The van der Waals surface area contributed by atoms with Crippen LogP contribution in [0, 0.1) is 12.8 Å². The summed E-state index contributed by atoms with van der Waals surface area (Å²) >= 11 is 0. The van der Waals surface area contributed by atoms with E-state index in [0.717, 1.165) is 12.5 Å². The molecule has 1 aliphatic carbocycles. The zero-order chi connectivity index (χ0) is 11.7. The van der Waals surface area contributed by atoms with Crippen molar-refractivity contribution in [2.24, 2.45) is 5.92 Å². The minimum Gasteiger partial charge on any atom is -0.306 e. The molecule has 17 heavy (non-hydrogen) atoms. The Morgan fingerprint density at radius 2 is 1.82 bits per heavy atom. The molecule has 1 heterocycles. The molecule has 1 unspecified atom stereocenters. The molecule has 1 aliphatic heterocycles. The molecule has 2 aliphatic rings. The average molecular weight is 229 g/mol. The molecule has 1 heteroatoms. The Morgan fingerprint density at radius 1 is 1.06 bits per heavy atom. The van der Waals surface area contributed by atoms with E-state index in [9.17, 15) is 0 Å². The number of rotatable bonds is 1. The number of hydrogen-bond donors (Lipinski definition) is 1. The van der Waals surface area contributed by atoms with Crippen molar-refractivity contribution in [3.63, 3.8) is 0 Å². The first-order chi connectivity index (χ1) is 8.34. The summed E-state index contributed by atoms with van der Waals surface area (Å²) in [6.07, 6.45) is 8.61. The minimum absolute atomic E-state index is 0.642. The number of fused-ring (bicyclic) bond motifs is 1. The SMILES string of the molecule is Cc1ccc2c(c1)C(C1CCCCCC1)NC2. The van der Waals surface area contributed by atoms with Crippen LogP contribution in [0.4, 0.5) is 0 Å². The molecule has 0 spiro atoms. The van der Waals surface area contributed by atoms with Crippen LogP contribution in [0.25, 0.3) is 0 Å². The van der Waals surface area contributed by atoms with Crippen molar-refractivity contribution in [1.29, 1.82) is 0 Å². The van der Waals surface area contributed by atoms with Gasteiger partial charge in [-0.2, -0.15) is 0 Å². The lowest BCUT2D eigenvalue weighted by molar-refractivity contribution is 0.342. The highest BCUT2D eigenvalue weighted by Gasteiger charge is 2.29. The molecule has 1 nitrogen and oxygen atoms in total. The second-order valence-electron chi connectivity index (χ2n) is 5.81. The predicted molar refractivity (Wildman–Crippen MR) is 72.0 cm³/mol. The summed E-state index contributed by atoms with van der Waals surface area (Å²) in [7, 11) is 0. The zero-order valence-electron chi connectivity index (χ0n) is 10.8. The number of nitrogens with one attached hydrogen (secondary N) is 1. The van der Waals surface area contributed by atoms with E-state index < -0.39 is 0 Å². The standard InChI is InChI=1S/C16H23N/c1-12-8-9-14-11-17-16(15(14)10-12)13-6-4-2-3-5-7-13/h8-10,13,16-17H,2-7,11H2,1H3. The van der Waals surface area contributed by atoms with Crippen LogP contribution < -0.4 is 5.32 Å². The first kappa shape index (κ1) is 11.3. The number of aryl methyl sites for hydroxylation is 1. The van der Waals surface area contributed by atoms with Gasteiger partial charge in [-0.05, 0) is 36.8 Å². The van der Waals surface area contributed by atoms with Crippen LogP contribution in [0.2, 0.25) is 0 Å². The number of benzene rings is 1. The zero-order valence-corrected chi connectivity index (χ0v) is 10.8. The van der Waals surface area contributed by atoms with Crippen LogP contribution >= 0.6 is 0 Å². The molecule has 1 N–H and O–H groups in total. The van der Waals surface area contributed by atoms with Crippen LogP contribution in [0.5, 0.6) is 0 Å². The smallest absolute Gasteiger partial charge is 0.0354 e. The summed E-state index contributed by atoms with van der Waals surface area (Å²) < 4.78 is 0. The monoisotopic (exact) mass is 229 g/mol. The van der Waals surface area contributed by atoms with Crippen molar-refractivity contribution < 1.29 is 0 Å². The van der Waals surface area contributed by atoms with E-state index in [4.69, 9.17) is 0 Å². The van der Waals surface area contributed by atoms with Crippen molar-refractivity contribution in [2.75, 3.05) is 0 Å². The Kier molecular flexibility index (Phi) is 3.19. The highest BCUT2D eigenvalue weighted by Crippen LogP contribution is 2.38. The molecule has 3 rings (SSSR count). The maximum absolute atomic E-state index is 3.75. The Bertz CT molecular complexity index is 389. The minimum atomic E-state index is 0.642. The lowest BCUT2D eigenvalue weighted by Gasteiger charge is -2.23. The summed E-state index contributed by atoms with van der Waals surface area (Å²) in [4.78, 5) is 0. The molecule has 1 atom stereocenters. The van der Waals surface area contributed by atoms with Crippen LogP contribution in [-0.2, 0) is 6.54 Å². The third-order valence-corrected chi connectivity index (χ3v) is 4.52. The molecule has 1 aromatic carbocycles. The Labute approximate surface area is 105 Å². The Balaban J connectivity index is 1.84. The van der Waals surface area contributed by atoms with Gasteiger partial charge in [-0.15, -0.1) is 0 Å². The molecular weight excluding hydrogens is 206 g/mol. The molecular formula is C16H23N. The normalized spacial score (nSPS) is 25.6. The van der Waals surface area contributed by atoms with E-state index >= 15 is 0 Å². The summed E-state index contributed by atoms with van der Waals surface area (Å²) in [5, 5.41) is 3.75. The summed E-state index contributed by atoms with van der Waals surface area (Å²) in [6.45, 7) is 3.29. The molecule has 92 valence electrons. The largest absolute Gasteiger partial charge is 0.306 e. The van der Waals surface area contributed by atoms with Gasteiger partial charge in [0.15, 0.2) is 0 Å². The third kappa shape index (κ3) is 2.26. The van der Waals surface area contributed by atoms with Gasteiger partial charge in [0.1, 0.15) is 0 Å². The first-order valence-corrected chi connectivity index (χ1v) is 7.17. The molecule has 1 fully saturated rings. The maximum atomic E-state index is 3.75. The predicted octanol–water partition coefficient (Wildman–Crippen LogP) is 4.11. The van der Waals surface area contributed by atoms with Crippen LogP contribution in [0.3, 0.4) is 0 Å². The van der Waals surface area contributed by atoms with E-state index in [1.165, 1.54) is 49.7 Å². The van der Waals surface area contributed by atoms with Gasteiger partial charge in [0.05, 0.1) is 0 Å². The van der Waals surface area contributed by atoms with Crippen LogP contribution in [-0.4, -0.2) is 0 Å². The summed E-state index contributed by atoms with van der Waals surface area (Å²) in [5.74, 6) is 0.876. The topological polar surface area (TPSA) is 12.0 Å². The van der Waals surface area contributed by atoms with Crippen molar-refractivity contribution >= 4 is 0 Å². The van der Waals surface area contributed by atoms with Crippen molar-refractivity contribution in [3.05, 3.63) is 34.9 Å². The maximum Gasteiger partial charge on any atom is 0.0354 e. The van der Waals surface area contributed by atoms with E-state index in [-0.39, 0.29) is 0 Å². The fourth-order valence-corrected chi connectivity index (χ4v) is 3.56. The molecule has 0 amide bonds. The van der Waals surface area contributed by atoms with Gasteiger partial charge in [-0.25, -0.2) is 0 Å². The first-order valence-electron chi connectivity index (χ1n) is 7.17. The van der Waals surface area contributed by atoms with Gasteiger partial charge < -0.3 is 5.32 Å². The second kappa shape index (κ2) is 4.81. The van der Waals surface area contributed by atoms with Gasteiger partial charge in [-0.1, -0.05) is 49.4 Å². The van der Waals surface area contributed by atoms with Crippen molar-refractivity contribution in [2.45, 2.75) is 58.0 Å². The number of hydrogen-bond acceptors (Lipinski definition) is 1. The van der Waals surface area contributed by atoms with E-state index in [1.54, 1.807) is 5.56 Å². The van der Waals surface area contributed by atoms with E-state index in [2.05, 4.69) is 30.4 Å². The molecule has 0 radical (unpaired) electrons. The van der Waals surface area contributed by atoms with Gasteiger partial charge in [-0.3, -0.25) is 0 Å². The molecule has 0 aromatic heterocycles. The average Bonchev–Trinajstić information content (AvgIpc) is 2.58. The third-order valence-electron chi connectivity index (χ3n) is 4.52. The van der Waals surface area contributed by atoms with Crippen LogP contribution in [0.15, 0.2) is 18.2 Å². The molecule has 1 aromatic rings. The fraction of sp³-hybridized carbons (Fsp3) is 0.625. The summed E-state index contributed by atoms with van der Waals surface area (Å²) in [6, 6.07) is 7.61. The van der Waals surface area contributed by atoms with Gasteiger partial charge in [0.2, 0.25) is 0 Å². The van der Waals surface area contributed by atoms with E-state index in [0.29, 0.717) is 6.04 Å². The van der Waals surface area contributed by atoms with Gasteiger partial charge in [0, 0.05) is 12.6 Å². The van der Waals surface area contributed by atoms with Gasteiger partial charge >= 0.3 is 0 Å². The van der Waals surface area contributed by atoms with Crippen molar-refractivity contribution in [1.82, 2.24) is 5.32 Å². The van der Waals surface area contributed by atoms with Gasteiger partial charge in [0.25, 0.3) is 0 Å². The lowest BCUT2D eigenvalue weighted by atomic mass is 9.87. The molecule has 0 bridgehead atoms. The summed E-state index contributed by atoms with van der Waals surface area (Å²) in [5.41, 5.74) is 4.54. The Morgan fingerprint density at radius 3 is 2.59 bits per heavy atom. The Hall–Kier alpha value is -0.820. The second-order valence-corrected chi connectivity index (χ2v) is 5.81. The lowest BCUT2D eigenvalue weighted by Crippen LogP contribution is -2.21. The van der Waals surface area contributed by atoms with E-state index in [1.807, 2.05) is 0 Å². The molecule has 1 saturated carbocycles. The quantitative estimate of drug-likeness (QED) is 0.715. The highest BCUT2D eigenvalue weighted by atomic mass is 14.9. The molecule has 0 saturated heterocycles.